The largest absolute Gasteiger partial charge is 0.331 e. The van der Waals surface area contributed by atoms with Crippen molar-refractivity contribution in [3.05, 3.63) is 0 Å². The summed E-state index contributed by atoms with van der Waals surface area (Å²) in [4.78, 5) is 0. The molecule has 74 valence electrons. The Morgan fingerprint density at radius 3 is 2.42 bits per heavy atom. The fourth-order valence-corrected chi connectivity index (χ4v) is 2.82. The molecule has 0 heterocycles. The summed E-state index contributed by atoms with van der Waals surface area (Å²) in [7, 11) is -4.60. The van der Waals surface area contributed by atoms with Crippen molar-refractivity contribution in [2.24, 2.45) is 0 Å². The van der Waals surface area contributed by atoms with Crippen LogP contribution in [-0.4, -0.2) is 34.0 Å². The van der Waals surface area contributed by atoms with Gasteiger partial charge in [-0.15, -0.1) is 0 Å². The summed E-state index contributed by atoms with van der Waals surface area (Å²) >= 11 is 0. The Labute approximate surface area is 73.1 Å². The second kappa shape index (κ2) is 5.70. The van der Waals surface area contributed by atoms with Crippen molar-refractivity contribution < 1.29 is 21.7 Å². The molecule has 7 heteroatoms. The smallest absolute Gasteiger partial charge is 0.267 e. The van der Waals surface area contributed by atoms with E-state index in [1.807, 2.05) is 0 Å². The lowest BCUT2D eigenvalue weighted by Gasteiger charge is -2.01. The van der Waals surface area contributed by atoms with Crippen LogP contribution in [0, 0.1) is 0 Å². The molecule has 0 saturated carbocycles. The molecule has 0 radical (unpaired) electrons. The van der Waals surface area contributed by atoms with Crippen molar-refractivity contribution in [3.63, 3.8) is 0 Å². The van der Waals surface area contributed by atoms with Crippen molar-refractivity contribution >= 4 is 18.1 Å². The average Bonchev–Trinajstić information content (AvgIpc) is 2.02. The van der Waals surface area contributed by atoms with Gasteiger partial charge in [0.2, 0.25) is 0 Å². The predicted molar refractivity (Wildman–Crippen MR) is 46.3 cm³/mol. The van der Waals surface area contributed by atoms with Gasteiger partial charge in [0.1, 0.15) is 0 Å². The molecule has 0 N–H and O–H groups in total. The second-order valence-electron chi connectivity index (χ2n) is 1.98. The lowest BCUT2D eigenvalue weighted by atomic mass is 10.9. The average molecular weight is 216 g/mol. The maximum Gasteiger partial charge on any atom is 0.267 e. The van der Waals surface area contributed by atoms with Gasteiger partial charge in [0.05, 0.1) is 19.5 Å². The molecule has 12 heavy (non-hydrogen) atoms. The van der Waals surface area contributed by atoms with E-state index in [1.54, 1.807) is 6.92 Å². The molecular formula is C5H13O5PS. The van der Waals surface area contributed by atoms with E-state index >= 15 is 0 Å². The topological polar surface area (TPSA) is 69.7 Å². The summed E-state index contributed by atoms with van der Waals surface area (Å²) in [5, 5.41) is 0. The zero-order valence-corrected chi connectivity index (χ0v) is 8.89. The van der Waals surface area contributed by atoms with Crippen LogP contribution < -0.4 is 0 Å². The van der Waals surface area contributed by atoms with Crippen molar-refractivity contribution in [3.8, 4) is 0 Å². The SMILES string of the molecule is CCO[PH](=O)CCS(=O)(=O)OC. The normalized spacial score (nSPS) is 14.5. The van der Waals surface area contributed by atoms with Gasteiger partial charge in [0.15, 0.2) is 8.03 Å². The molecule has 0 aliphatic rings. The van der Waals surface area contributed by atoms with E-state index in [0.29, 0.717) is 6.61 Å². The van der Waals surface area contributed by atoms with Crippen LogP contribution in [-0.2, 0) is 23.4 Å². The van der Waals surface area contributed by atoms with Gasteiger partial charge < -0.3 is 4.52 Å². The van der Waals surface area contributed by atoms with Crippen molar-refractivity contribution in [1.82, 2.24) is 0 Å². The zero-order chi connectivity index (χ0) is 9.61. The molecule has 5 nitrogen and oxygen atoms in total. The first kappa shape index (κ1) is 12.1. The first-order valence-electron chi connectivity index (χ1n) is 3.45. The van der Waals surface area contributed by atoms with E-state index in [1.165, 1.54) is 0 Å². The Bertz CT molecular complexity index is 234. The summed E-state index contributed by atoms with van der Waals surface area (Å²) in [5.41, 5.74) is 0. The molecule has 0 amide bonds. The van der Waals surface area contributed by atoms with Crippen LogP contribution in [0.2, 0.25) is 0 Å². The van der Waals surface area contributed by atoms with Gasteiger partial charge in [-0.1, -0.05) is 0 Å². The highest BCUT2D eigenvalue weighted by molar-refractivity contribution is 7.87. The first-order chi connectivity index (χ1) is 5.52. The third kappa shape index (κ3) is 5.71. The third-order valence-corrected chi connectivity index (χ3v) is 3.96. The fourth-order valence-electron chi connectivity index (χ4n) is 0.525. The maximum absolute atomic E-state index is 10.8. The van der Waals surface area contributed by atoms with E-state index in [-0.39, 0.29) is 11.9 Å². The van der Waals surface area contributed by atoms with Gasteiger partial charge in [-0.2, -0.15) is 8.42 Å². The second-order valence-corrected chi connectivity index (χ2v) is 5.37. The van der Waals surface area contributed by atoms with Crippen molar-refractivity contribution in [2.45, 2.75) is 6.92 Å². The Balaban J connectivity index is 3.76. The van der Waals surface area contributed by atoms with Crippen molar-refractivity contribution in [1.29, 1.82) is 0 Å². The van der Waals surface area contributed by atoms with Crippen LogP contribution >= 0.6 is 8.03 Å². The lowest BCUT2D eigenvalue weighted by Crippen LogP contribution is -2.09. The van der Waals surface area contributed by atoms with Crippen LogP contribution in [0.5, 0.6) is 0 Å². The summed E-state index contributed by atoms with van der Waals surface area (Å²) < 4.78 is 41.1. The van der Waals surface area contributed by atoms with Gasteiger partial charge in [-0.05, 0) is 6.92 Å². The quantitative estimate of drug-likeness (QED) is 0.477. The van der Waals surface area contributed by atoms with E-state index in [0.717, 1.165) is 7.11 Å². The monoisotopic (exact) mass is 216 g/mol. The van der Waals surface area contributed by atoms with Gasteiger partial charge in [-0.3, -0.25) is 8.75 Å². The molecule has 0 aromatic heterocycles. The number of rotatable bonds is 6. The van der Waals surface area contributed by atoms with Crippen LogP contribution in [0.15, 0.2) is 0 Å². The van der Waals surface area contributed by atoms with Crippen LogP contribution in [0.25, 0.3) is 0 Å². The van der Waals surface area contributed by atoms with Gasteiger partial charge >= 0.3 is 0 Å². The molecule has 1 unspecified atom stereocenters. The molecule has 0 aliphatic heterocycles. The zero-order valence-electron chi connectivity index (χ0n) is 7.07. The fraction of sp³-hybridized carbons (Fsp3) is 1.00. The Hall–Kier alpha value is 0.100. The van der Waals surface area contributed by atoms with Crippen LogP contribution in [0.3, 0.4) is 0 Å². The Morgan fingerprint density at radius 2 is 2.00 bits per heavy atom. The summed E-state index contributed by atoms with van der Waals surface area (Å²) in [6, 6.07) is 0. The lowest BCUT2D eigenvalue weighted by molar-refractivity contribution is 0.350. The molecular weight excluding hydrogens is 203 g/mol. The summed E-state index contributed by atoms with van der Waals surface area (Å²) in [6.07, 6.45) is 0.0225. The molecule has 1 atom stereocenters. The van der Waals surface area contributed by atoms with Crippen LogP contribution in [0.4, 0.5) is 0 Å². The number of hydrogen-bond donors (Lipinski definition) is 0. The first-order valence-corrected chi connectivity index (χ1v) is 6.56. The highest BCUT2D eigenvalue weighted by Gasteiger charge is 2.10. The maximum atomic E-state index is 10.8. The molecule has 0 bridgehead atoms. The predicted octanol–water partition coefficient (Wildman–Crippen LogP) is 0.474. The molecule has 0 spiro atoms. The highest BCUT2D eigenvalue weighted by Crippen LogP contribution is 2.21. The summed E-state index contributed by atoms with van der Waals surface area (Å²) in [6.45, 7) is 2.04. The van der Waals surface area contributed by atoms with E-state index < -0.39 is 18.1 Å². The van der Waals surface area contributed by atoms with E-state index in [4.69, 9.17) is 4.52 Å². The Kier molecular flexibility index (Phi) is 5.74. The molecule has 0 aromatic rings. The minimum absolute atomic E-state index is 0.0225. The number of hydrogen-bond acceptors (Lipinski definition) is 5. The van der Waals surface area contributed by atoms with E-state index in [2.05, 4.69) is 4.18 Å². The van der Waals surface area contributed by atoms with Crippen LogP contribution in [0.1, 0.15) is 6.92 Å². The van der Waals surface area contributed by atoms with Gasteiger partial charge in [0, 0.05) is 6.16 Å². The molecule has 0 aromatic carbocycles. The molecule has 0 saturated heterocycles. The minimum Gasteiger partial charge on any atom is -0.331 e. The van der Waals surface area contributed by atoms with Gasteiger partial charge in [0.25, 0.3) is 10.1 Å². The Morgan fingerprint density at radius 1 is 1.42 bits per heavy atom. The highest BCUT2D eigenvalue weighted by atomic mass is 32.2. The summed E-state index contributed by atoms with van der Waals surface area (Å²) in [5.74, 6) is -0.249. The molecule has 0 fully saturated rings. The van der Waals surface area contributed by atoms with Crippen molar-refractivity contribution in [2.75, 3.05) is 25.6 Å². The molecule has 0 rings (SSSR count). The molecule has 0 aliphatic carbocycles. The van der Waals surface area contributed by atoms with E-state index in [9.17, 15) is 13.0 Å². The standard InChI is InChI=1S/C5H13O5PS/c1-3-10-11(6)4-5-12(7,8)9-2/h11H,3-5H2,1-2H3. The minimum atomic E-state index is -3.49. The van der Waals surface area contributed by atoms with Gasteiger partial charge in [-0.25, -0.2) is 0 Å². The third-order valence-electron chi connectivity index (χ3n) is 1.12.